The van der Waals surface area contributed by atoms with Crippen molar-refractivity contribution in [3.63, 3.8) is 0 Å². The number of rotatable bonds is 0. The van der Waals surface area contributed by atoms with E-state index in [4.69, 9.17) is 0 Å². The zero-order valence-electron chi connectivity index (χ0n) is 5.81. The molecule has 0 spiro atoms. The fraction of sp³-hybridized carbons (Fsp3) is 0.750. The number of allylic oxidation sites excluding steroid dienone is 2. The largest absolute Gasteiger partial charge is 0.130 e. The normalized spacial score (nSPS) is 36.2. The van der Waals surface area contributed by atoms with Crippen LogP contribution in [-0.4, -0.2) is 6.38 Å². The van der Waals surface area contributed by atoms with Gasteiger partial charge in [-0.15, -0.1) is 11.6 Å². The smallest absolute Gasteiger partial charge is 0.0108 e. The SMILES string of the molecule is C1=CC2CCC1C2.CCl. The van der Waals surface area contributed by atoms with Crippen LogP contribution in [0.15, 0.2) is 12.2 Å². The number of alkyl halides is 1. The second-order valence-corrected chi connectivity index (χ2v) is 2.72. The molecule has 0 N–H and O–H groups in total. The highest BCUT2D eigenvalue weighted by Gasteiger charge is 2.25. The van der Waals surface area contributed by atoms with Gasteiger partial charge in [0.2, 0.25) is 0 Å². The number of hydrogen-bond acceptors (Lipinski definition) is 0. The van der Waals surface area contributed by atoms with Crippen molar-refractivity contribution < 1.29 is 0 Å². The number of fused-ring (bicyclic) bond motifs is 2. The van der Waals surface area contributed by atoms with Gasteiger partial charge in [-0.2, -0.15) is 0 Å². The molecule has 52 valence electrons. The van der Waals surface area contributed by atoms with E-state index < -0.39 is 0 Å². The standard InChI is InChI=1S/C7H10.CH3Cl/c1-2-7-4-3-6(1)5-7;1-2/h1-2,6-7H,3-5H2;1H3. The summed E-state index contributed by atoms with van der Waals surface area (Å²) in [6.45, 7) is 0. The lowest BCUT2D eigenvalue weighted by atomic mass is 10.1. The molecule has 2 atom stereocenters. The van der Waals surface area contributed by atoms with Crippen molar-refractivity contribution in [2.75, 3.05) is 6.38 Å². The van der Waals surface area contributed by atoms with Gasteiger partial charge in [-0.1, -0.05) is 12.2 Å². The van der Waals surface area contributed by atoms with Crippen molar-refractivity contribution in [3.05, 3.63) is 12.2 Å². The van der Waals surface area contributed by atoms with Crippen LogP contribution in [0.1, 0.15) is 19.3 Å². The molecule has 2 unspecified atom stereocenters. The topological polar surface area (TPSA) is 0 Å². The van der Waals surface area contributed by atoms with E-state index in [-0.39, 0.29) is 0 Å². The van der Waals surface area contributed by atoms with Crippen LogP contribution in [-0.2, 0) is 0 Å². The Bertz CT molecular complexity index is 95.1. The van der Waals surface area contributed by atoms with Crippen molar-refractivity contribution in [2.45, 2.75) is 19.3 Å². The van der Waals surface area contributed by atoms with E-state index in [2.05, 4.69) is 23.8 Å². The maximum atomic E-state index is 4.64. The van der Waals surface area contributed by atoms with Gasteiger partial charge >= 0.3 is 0 Å². The van der Waals surface area contributed by atoms with Gasteiger partial charge in [0.15, 0.2) is 0 Å². The Balaban J connectivity index is 0.000000186. The highest BCUT2D eigenvalue weighted by atomic mass is 35.5. The molecule has 2 aliphatic carbocycles. The lowest BCUT2D eigenvalue weighted by Gasteiger charge is -1.96. The third kappa shape index (κ3) is 1.48. The Kier molecular flexibility index (Phi) is 2.59. The minimum absolute atomic E-state index is 0.991. The molecular weight excluding hydrogens is 132 g/mol. The van der Waals surface area contributed by atoms with Crippen molar-refractivity contribution in [2.24, 2.45) is 11.8 Å². The highest BCUT2D eigenvalue weighted by molar-refractivity contribution is 6.15. The van der Waals surface area contributed by atoms with Gasteiger partial charge < -0.3 is 0 Å². The minimum atomic E-state index is 0.991. The highest BCUT2D eigenvalue weighted by Crippen LogP contribution is 2.38. The second kappa shape index (κ2) is 3.26. The van der Waals surface area contributed by atoms with E-state index in [1.807, 2.05) is 0 Å². The lowest BCUT2D eigenvalue weighted by Crippen LogP contribution is -1.82. The van der Waals surface area contributed by atoms with Crippen LogP contribution >= 0.6 is 11.6 Å². The van der Waals surface area contributed by atoms with Gasteiger partial charge in [-0.3, -0.25) is 0 Å². The van der Waals surface area contributed by atoms with Crippen molar-refractivity contribution >= 4 is 11.6 Å². The van der Waals surface area contributed by atoms with Crippen LogP contribution < -0.4 is 0 Å². The number of halogens is 1. The zero-order valence-corrected chi connectivity index (χ0v) is 6.56. The van der Waals surface area contributed by atoms with E-state index in [1.165, 1.54) is 25.6 Å². The first kappa shape index (κ1) is 7.14. The van der Waals surface area contributed by atoms with E-state index in [0.717, 1.165) is 11.8 Å². The van der Waals surface area contributed by atoms with E-state index in [1.54, 1.807) is 0 Å². The van der Waals surface area contributed by atoms with Crippen molar-refractivity contribution in [1.29, 1.82) is 0 Å². The van der Waals surface area contributed by atoms with E-state index in [9.17, 15) is 0 Å². The predicted octanol–water partition coefficient (Wildman–Crippen LogP) is 2.83. The summed E-state index contributed by atoms with van der Waals surface area (Å²) >= 11 is 4.64. The maximum absolute atomic E-state index is 4.64. The molecule has 0 aromatic heterocycles. The second-order valence-electron chi connectivity index (χ2n) is 2.72. The molecule has 0 aliphatic heterocycles. The molecule has 0 aromatic carbocycles. The summed E-state index contributed by atoms with van der Waals surface area (Å²) < 4.78 is 0. The third-order valence-electron chi connectivity index (χ3n) is 2.17. The van der Waals surface area contributed by atoms with E-state index >= 15 is 0 Å². The van der Waals surface area contributed by atoms with E-state index in [0.29, 0.717) is 0 Å². The van der Waals surface area contributed by atoms with Crippen LogP contribution in [0.3, 0.4) is 0 Å². The molecule has 9 heavy (non-hydrogen) atoms. The molecule has 1 fully saturated rings. The van der Waals surface area contributed by atoms with Crippen LogP contribution in [0, 0.1) is 11.8 Å². The third-order valence-corrected chi connectivity index (χ3v) is 2.17. The Hall–Kier alpha value is 0.0300. The molecule has 0 heterocycles. The molecule has 0 nitrogen and oxygen atoms in total. The Labute approximate surface area is 61.9 Å². The number of hydrogen-bond donors (Lipinski definition) is 0. The molecule has 1 saturated carbocycles. The molecule has 0 amide bonds. The minimum Gasteiger partial charge on any atom is -0.130 e. The molecular formula is C8H13Cl. The fourth-order valence-corrected chi connectivity index (χ4v) is 1.72. The Morgan fingerprint density at radius 3 is 1.67 bits per heavy atom. The Morgan fingerprint density at radius 2 is 1.56 bits per heavy atom. The Morgan fingerprint density at radius 1 is 1.11 bits per heavy atom. The average molecular weight is 145 g/mol. The zero-order chi connectivity index (χ0) is 6.69. The van der Waals surface area contributed by atoms with Gasteiger partial charge in [0, 0.05) is 6.38 Å². The summed E-state index contributed by atoms with van der Waals surface area (Å²) in [4.78, 5) is 0. The maximum Gasteiger partial charge on any atom is 0.0108 e. The summed E-state index contributed by atoms with van der Waals surface area (Å²) in [7, 11) is 0. The van der Waals surface area contributed by atoms with Gasteiger partial charge in [-0.25, -0.2) is 0 Å². The average Bonchev–Trinajstić information content (AvgIpc) is 2.53. The first-order chi connectivity index (χ1) is 4.45. The molecule has 2 rings (SSSR count). The molecule has 1 heteroatoms. The predicted molar refractivity (Wildman–Crippen MR) is 41.7 cm³/mol. The van der Waals surface area contributed by atoms with Crippen LogP contribution in [0.5, 0.6) is 0 Å². The molecule has 2 aliphatic rings. The van der Waals surface area contributed by atoms with Crippen LogP contribution in [0.4, 0.5) is 0 Å². The first-order valence-corrected chi connectivity index (χ1v) is 4.27. The van der Waals surface area contributed by atoms with Gasteiger partial charge in [0.25, 0.3) is 0 Å². The molecule has 0 saturated heterocycles. The van der Waals surface area contributed by atoms with Gasteiger partial charge in [0.05, 0.1) is 0 Å². The molecule has 0 aromatic rings. The first-order valence-electron chi connectivity index (χ1n) is 3.51. The fourth-order valence-electron chi connectivity index (χ4n) is 1.72. The summed E-state index contributed by atoms with van der Waals surface area (Å²) in [5.41, 5.74) is 0. The van der Waals surface area contributed by atoms with Gasteiger partial charge in [0.1, 0.15) is 0 Å². The summed E-state index contributed by atoms with van der Waals surface area (Å²) in [6, 6.07) is 0. The summed E-state index contributed by atoms with van der Waals surface area (Å²) in [5, 5.41) is 0. The lowest BCUT2D eigenvalue weighted by molar-refractivity contribution is 0.691. The van der Waals surface area contributed by atoms with Crippen LogP contribution in [0.2, 0.25) is 0 Å². The molecule has 2 bridgehead atoms. The molecule has 0 radical (unpaired) electrons. The van der Waals surface area contributed by atoms with Gasteiger partial charge in [-0.05, 0) is 31.1 Å². The van der Waals surface area contributed by atoms with Crippen LogP contribution in [0.25, 0.3) is 0 Å². The summed E-state index contributed by atoms with van der Waals surface area (Å²) in [6.07, 6.45) is 10.7. The quantitative estimate of drug-likeness (QED) is 0.362. The van der Waals surface area contributed by atoms with Crippen molar-refractivity contribution in [1.82, 2.24) is 0 Å². The van der Waals surface area contributed by atoms with Crippen molar-refractivity contribution in [3.8, 4) is 0 Å². The monoisotopic (exact) mass is 144 g/mol. The summed E-state index contributed by atoms with van der Waals surface area (Å²) in [5.74, 6) is 1.98.